The number of aromatic nitrogens is 4. The van der Waals surface area contributed by atoms with E-state index >= 15 is 0 Å². The van der Waals surface area contributed by atoms with E-state index in [2.05, 4.69) is 39.7 Å². The second-order valence-electron chi connectivity index (χ2n) is 16.6. The topological polar surface area (TPSA) is 439 Å². The molecule has 34 heteroatoms. The first kappa shape index (κ1) is 56.1. The zero-order chi connectivity index (χ0) is 52.2. The fourth-order valence-electron chi connectivity index (χ4n) is 7.16. The van der Waals surface area contributed by atoms with Gasteiger partial charge in [0.05, 0.1) is 25.2 Å². The number of phosphoric ester groups is 3. The first-order chi connectivity index (χ1) is 33.2. The van der Waals surface area contributed by atoms with Gasteiger partial charge in [-0.25, -0.2) is 28.6 Å². The molecule has 2 fully saturated rings. The normalized spacial score (nSPS) is 24.0. The number of nitrogens with zero attached hydrogens (tertiary/aromatic N) is 5. The summed E-state index contributed by atoms with van der Waals surface area (Å²) in [4.78, 5) is 117. The zero-order valence-electron chi connectivity index (χ0n) is 37.6. The van der Waals surface area contributed by atoms with Crippen LogP contribution in [-0.2, 0) is 60.3 Å². The summed E-state index contributed by atoms with van der Waals surface area (Å²) in [5, 5.41) is 28.4. The molecule has 71 heavy (non-hydrogen) atoms. The number of benzene rings is 1. The van der Waals surface area contributed by atoms with Gasteiger partial charge in [0.1, 0.15) is 53.7 Å². The monoisotopic (exact) mass is 1100 g/mol. The van der Waals surface area contributed by atoms with Gasteiger partial charge >= 0.3 is 23.5 Å². The van der Waals surface area contributed by atoms with Gasteiger partial charge in [-0.1, -0.05) is 55.9 Å². The van der Waals surface area contributed by atoms with E-state index in [0.717, 1.165) is 29.0 Å². The Bertz CT molecular complexity index is 2680. The molecular formula is C37H51N10O19P3S2. The van der Waals surface area contributed by atoms with Gasteiger partial charge in [0.15, 0.2) is 17.7 Å². The highest BCUT2D eigenvalue weighted by molar-refractivity contribution is 8.14. The molecule has 2 aromatic heterocycles. The number of carbonyl (C=O) groups excluding carboxylic acids is 5. The second-order valence-corrected chi connectivity index (χ2v) is 23.0. The van der Waals surface area contributed by atoms with Gasteiger partial charge in [0.2, 0.25) is 22.8 Å². The SMILES string of the molecule is CC1=C(C(=O)SCCNC(=O)CCNC(=O)C(O)C(C)(C)COP(=O)(O)OP(=O)(O)OCC2OC(n3cnc4c(N)ncnc43)C(O)C2OP(=O)(O)O)N2C(=O)[C@@H](NC(=O)[C@H](N)c3ccccc3)[C@H]2SC1. The molecule has 0 bridgehead atoms. The van der Waals surface area contributed by atoms with Crippen LogP contribution in [0, 0.1) is 5.41 Å². The van der Waals surface area contributed by atoms with Gasteiger partial charge in [-0.05, 0) is 18.1 Å². The lowest BCUT2D eigenvalue weighted by molar-refractivity contribution is -0.147. The molecule has 0 saturated carbocycles. The number of rotatable bonds is 23. The van der Waals surface area contributed by atoms with Crippen molar-refractivity contribution < 1.29 is 90.1 Å². The fraction of sp³-hybridized carbons (Fsp3) is 0.514. The number of hydrogen-bond acceptors (Lipinski definition) is 22. The number of aliphatic hydroxyl groups excluding tert-OH is 2. The molecule has 10 atom stereocenters. The molecule has 5 heterocycles. The van der Waals surface area contributed by atoms with Crippen molar-refractivity contribution in [1.29, 1.82) is 0 Å². The number of β-lactam (4-membered cyclic amide) rings is 1. The number of carbonyl (C=O) groups is 5. The number of nitrogens with two attached hydrogens (primary N) is 2. The molecule has 0 radical (unpaired) electrons. The Balaban J connectivity index is 0.896. The summed E-state index contributed by atoms with van der Waals surface area (Å²) in [5.74, 6) is -2.05. The predicted octanol–water partition coefficient (Wildman–Crippen LogP) is -0.961. The minimum atomic E-state index is -5.62. The summed E-state index contributed by atoms with van der Waals surface area (Å²) >= 11 is 2.27. The van der Waals surface area contributed by atoms with Crippen molar-refractivity contribution in [2.24, 2.45) is 11.1 Å². The Morgan fingerprint density at radius 1 is 1.01 bits per heavy atom. The third-order valence-corrected chi connectivity index (χ3v) is 16.2. The lowest BCUT2D eigenvalue weighted by Crippen LogP contribution is -2.70. The van der Waals surface area contributed by atoms with Crippen LogP contribution in [0.2, 0.25) is 0 Å². The van der Waals surface area contributed by atoms with E-state index in [-0.39, 0.29) is 47.9 Å². The average molecular weight is 1100 g/mol. The molecule has 4 amide bonds. The Morgan fingerprint density at radius 2 is 1.70 bits per heavy atom. The maximum atomic E-state index is 13.3. The first-order valence-electron chi connectivity index (χ1n) is 21.0. The lowest BCUT2D eigenvalue weighted by atomic mass is 9.87. The molecular weight excluding hydrogens is 1050 g/mol. The summed E-state index contributed by atoms with van der Waals surface area (Å²) in [6.45, 7) is 1.83. The Kier molecular flexibility index (Phi) is 18.1. The van der Waals surface area contributed by atoms with Crippen LogP contribution in [0.1, 0.15) is 45.0 Å². The quantitative estimate of drug-likeness (QED) is 0.0309. The number of nitrogens with one attached hydrogen (secondary N) is 3. The number of aliphatic hydroxyl groups is 2. The molecule has 390 valence electrons. The highest BCUT2D eigenvalue weighted by Crippen LogP contribution is 2.61. The summed E-state index contributed by atoms with van der Waals surface area (Å²) in [5.41, 5.74) is 11.7. The molecule has 2 saturated heterocycles. The van der Waals surface area contributed by atoms with E-state index in [1.165, 1.54) is 30.5 Å². The number of nitrogen functional groups attached to an aromatic ring is 1. The summed E-state index contributed by atoms with van der Waals surface area (Å²) < 4.78 is 62.5. The van der Waals surface area contributed by atoms with Crippen molar-refractivity contribution in [3.8, 4) is 0 Å². The molecule has 3 aliphatic heterocycles. The van der Waals surface area contributed by atoms with E-state index in [9.17, 15) is 67.5 Å². The molecule has 6 rings (SSSR count). The van der Waals surface area contributed by atoms with Crippen molar-refractivity contribution in [3.63, 3.8) is 0 Å². The number of anilines is 1. The molecule has 29 nitrogen and oxygen atoms in total. The van der Waals surface area contributed by atoms with Gasteiger partial charge in [-0.3, -0.25) is 47.0 Å². The van der Waals surface area contributed by atoms with Crippen molar-refractivity contribution in [3.05, 3.63) is 59.8 Å². The molecule has 1 aromatic carbocycles. The Hall–Kier alpha value is -4.23. The van der Waals surface area contributed by atoms with Crippen molar-refractivity contribution >= 4 is 92.7 Å². The van der Waals surface area contributed by atoms with Gasteiger partial charge < -0.3 is 61.9 Å². The minimum absolute atomic E-state index is 0.0147. The third kappa shape index (κ3) is 13.9. The molecule has 3 aliphatic rings. The average Bonchev–Trinajstić information content (AvgIpc) is 3.87. The lowest BCUT2D eigenvalue weighted by Gasteiger charge is -2.50. The molecule has 7 unspecified atom stereocenters. The van der Waals surface area contributed by atoms with Crippen LogP contribution in [0.5, 0.6) is 0 Å². The van der Waals surface area contributed by atoms with Gasteiger partial charge in [-0.2, -0.15) is 4.31 Å². The van der Waals surface area contributed by atoms with Crippen LogP contribution >= 0.6 is 47.0 Å². The van der Waals surface area contributed by atoms with Crippen LogP contribution in [0.15, 0.2) is 54.3 Å². The van der Waals surface area contributed by atoms with Crippen LogP contribution in [-0.4, -0.2) is 157 Å². The largest absolute Gasteiger partial charge is 0.481 e. The van der Waals surface area contributed by atoms with E-state index in [1.54, 1.807) is 37.3 Å². The number of phosphoric acid groups is 3. The minimum Gasteiger partial charge on any atom is -0.386 e. The van der Waals surface area contributed by atoms with E-state index < -0.39 is 119 Å². The van der Waals surface area contributed by atoms with E-state index in [0.29, 0.717) is 16.9 Å². The molecule has 0 aliphatic carbocycles. The molecule has 3 aromatic rings. The highest BCUT2D eigenvalue weighted by Gasteiger charge is 2.54. The van der Waals surface area contributed by atoms with Gasteiger partial charge in [0.25, 0.3) is 5.91 Å². The number of thioether (sulfide) groups is 2. The van der Waals surface area contributed by atoms with Crippen LogP contribution < -0.4 is 27.4 Å². The molecule has 13 N–H and O–H groups in total. The number of ether oxygens (including phenoxy) is 1. The Labute approximate surface area is 411 Å². The summed E-state index contributed by atoms with van der Waals surface area (Å²) in [6, 6.07) is 6.79. The van der Waals surface area contributed by atoms with Crippen LogP contribution in [0.4, 0.5) is 5.82 Å². The third-order valence-electron chi connectivity index (χ3n) is 10.8. The Morgan fingerprint density at radius 3 is 2.39 bits per heavy atom. The van der Waals surface area contributed by atoms with Crippen molar-refractivity contribution in [1.82, 2.24) is 40.4 Å². The number of hydrogen-bond donors (Lipinski definition) is 11. The van der Waals surface area contributed by atoms with Crippen LogP contribution in [0.25, 0.3) is 11.2 Å². The number of amides is 4. The molecule has 0 spiro atoms. The van der Waals surface area contributed by atoms with E-state index in [1.807, 2.05) is 0 Å². The second kappa shape index (κ2) is 22.9. The van der Waals surface area contributed by atoms with E-state index in [4.69, 9.17) is 25.3 Å². The smallest absolute Gasteiger partial charge is 0.386 e. The number of fused-ring (bicyclic) bond motifs is 2. The van der Waals surface area contributed by atoms with Gasteiger partial charge in [-0.15, -0.1) is 11.8 Å². The highest BCUT2D eigenvalue weighted by atomic mass is 32.2. The van der Waals surface area contributed by atoms with Crippen molar-refractivity contribution in [2.45, 2.75) is 75.3 Å². The van der Waals surface area contributed by atoms with Gasteiger partial charge in [0, 0.05) is 36.4 Å². The van der Waals surface area contributed by atoms with Crippen molar-refractivity contribution in [2.75, 3.05) is 43.5 Å². The maximum Gasteiger partial charge on any atom is 0.481 e. The zero-order valence-corrected chi connectivity index (χ0v) is 42.0. The standard InChI is InChI=1S/C37H51N10O19P3S2/c1-18-14-71-35-24(45-31(51)22(38)19-7-5-4-6-8-19)33(53)47(35)25(18)36(54)70-12-11-40-21(48)9-10-41-32(52)28(50)37(2,3)15-63-69(60,61)66-68(58,59)62-13-20-27(65-67(55,56)57)26(49)34(64-20)46-17-44-23-29(39)42-16-43-30(23)46/h4-8,16-17,20,22,24,26-28,34-35,49-50H,9-15,38H2,1-3H3,(H,40,48)(H,41,52)(H,45,51)(H,58,59)(H,60,61)(H2,39,42,43)(H2,55,56,57)/t20?,22-,24-,26?,27?,28?,34?,35-/m1/s1. The first-order valence-corrected chi connectivity index (χ1v) is 27.6. The summed E-state index contributed by atoms with van der Waals surface area (Å²) in [6.07, 6.45) is -7.20. The summed E-state index contributed by atoms with van der Waals surface area (Å²) in [7, 11) is -16.5. The van der Waals surface area contributed by atoms with Crippen LogP contribution in [0.3, 0.4) is 0 Å². The fourth-order valence-corrected chi connectivity index (χ4v) is 12.1. The predicted molar refractivity (Wildman–Crippen MR) is 248 cm³/mol. The maximum absolute atomic E-state index is 13.3. The number of imidazole rings is 1.